The van der Waals surface area contributed by atoms with Crippen LogP contribution in [-0.2, 0) is 9.53 Å². The Bertz CT molecular complexity index is 767. The average Bonchev–Trinajstić information content (AvgIpc) is 2.74. The lowest BCUT2D eigenvalue weighted by Crippen LogP contribution is -2.28. The van der Waals surface area contributed by atoms with E-state index in [2.05, 4.69) is 41.1 Å². The Morgan fingerprint density at radius 1 is 0.778 bits per heavy atom. The Morgan fingerprint density at radius 3 is 1.30 bits per heavy atom. The van der Waals surface area contributed by atoms with E-state index in [1.807, 2.05) is 67.3 Å². The van der Waals surface area contributed by atoms with Gasteiger partial charge in [0.1, 0.15) is 0 Å². The molecule has 2 nitrogen and oxygen atoms in total. The van der Waals surface area contributed by atoms with Crippen LogP contribution < -0.4 is 15.9 Å². The van der Waals surface area contributed by atoms with Gasteiger partial charge >= 0.3 is 0 Å². The van der Waals surface area contributed by atoms with Gasteiger partial charge in [-0.05, 0) is 42.4 Å². The number of methoxy groups -OCH3 is 1. The third-order valence-corrected chi connectivity index (χ3v) is 8.24. The van der Waals surface area contributed by atoms with Gasteiger partial charge in [0.05, 0.1) is 0 Å². The van der Waals surface area contributed by atoms with E-state index in [0.29, 0.717) is 0 Å². The highest BCUT2D eigenvalue weighted by atomic mass is 31.2. The zero-order chi connectivity index (χ0) is 19.5. The van der Waals surface area contributed by atoms with Crippen molar-refractivity contribution in [2.24, 2.45) is 0 Å². The first-order chi connectivity index (χ1) is 13.1. The number of ether oxygens (including phenoxy) is 1. The second-order valence-corrected chi connectivity index (χ2v) is 9.30. The number of Topliss-reactive ketones (excluding diaryl/α,β-unsaturated/α-hetero) is 1. The molecule has 3 aromatic carbocycles. The summed E-state index contributed by atoms with van der Waals surface area (Å²) in [5, 5.41) is 3.60. The number of hydrogen-bond donors (Lipinski definition) is 0. The van der Waals surface area contributed by atoms with E-state index in [1.165, 1.54) is 15.9 Å². The summed E-state index contributed by atoms with van der Waals surface area (Å²) in [4.78, 5) is 12.2. The van der Waals surface area contributed by atoms with E-state index in [4.69, 9.17) is 0 Å². The molecule has 3 rings (SSSR count). The molecule has 0 atom stereocenters. The van der Waals surface area contributed by atoms with Crippen LogP contribution in [0.15, 0.2) is 91.0 Å². The highest BCUT2D eigenvalue weighted by Gasteiger charge is 2.25. The molecular weight excluding hydrogens is 351 g/mol. The van der Waals surface area contributed by atoms with Gasteiger partial charge in [-0.25, -0.2) is 0 Å². The van der Waals surface area contributed by atoms with Crippen LogP contribution in [0.3, 0.4) is 0 Å². The van der Waals surface area contributed by atoms with Gasteiger partial charge in [-0.3, -0.25) is 4.79 Å². The fourth-order valence-electron chi connectivity index (χ4n) is 2.93. The summed E-state index contributed by atoms with van der Waals surface area (Å²) in [6, 6.07) is 31.1. The monoisotopic (exact) mass is 378 g/mol. The highest BCUT2D eigenvalue weighted by molar-refractivity contribution is 7.95. The lowest BCUT2D eigenvalue weighted by atomic mass is 10.4. The minimum absolute atomic E-state index is 0.106. The lowest BCUT2D eigenvalue weighted by molar-refractivity contribution is -0.110. The van der Waals surface area contributed by atoms with Crippen molar-refractivity contribution in [2.45, 2.75) is 13.8 Å². The van der Waals surface area contributed by atoms with Crippen molar-refractivity contribution in [1.82, 2.24) is 0 Å². The summed E-state index contributed by atoms with van der Waals surface area (Å²) in [7, 11) is 1.68. The fraction of sp³-hybridized carbons (Fsp3) is 0.167. The number of ketones is 1. The predicted octanol–water partition coefficient (Wildman–Crippen LogP) is 4.02. The topological polar surface area (TPSA) is 26.3 Å². The van der Waals surface area contributed by atoms with Crippen LogP contribution in [0.4, 0.5) is 0 Å². The number of carbonyl (C=O) groups is 1. The molecule has 27 heavy (non-hydrogen) atoms. The second kappa shape index (κ2) is 10.7. The van der Waals surface area contributed by atoms with Crippen molar-refractivity contribution < 1.29 is 9.53 Å². The zero-order valence-corrected chi connectivity index (χ0v) is 17.1. The van der Waals surface area contributed by atoms with Crippen LogP contribution in [0.25, 0.3) is 0 Å². The van der Waals surface area contributed by atoms with Crippen molar-refractivity contribution in [1.29, 1.82) is 0 Å². The average molecular weight is 378 g/mol. The number of rotatable bonds is 5. The summed E-state index contributed by atoms with van der Waals surface area (Å²) < 4.78 is 4.54. The molecule has 0 N–H and O–H groups in total. The van der Waals surface area contributed by atoms with E-state index >= 15 is 0 Å². The van der Waals surface area contributed by atoms with Gasteiger partial charge in [-0.15, -0.1) is 0 Å². The quantitative estimate of drug-likeness (QED) is 0.627. The molecule has 3 aromatic rings. The molecule has 0 aliphatic heterocycles. The van der Waals surface area contributed by atoms with Crippen LogP contribution in [0.5, 0.6) is 0 Å². The molecule has 0 bridgehead atoms. The molecule has 0 aromatic heterocycles. The summed E-state index contributed by atoms with van der Waals surface area (Å²) in [6.07, 6.45) is 0. The molecule has 0 fully saturated rings. The van der Waals surface area contributed by atoms with Crippen LogP contribution in [0, 0.1) is 0 Å². The molecular formula is C24H27O2P. The van der Waals surface area contributed by atoms with Crippen molar-refractivity contribution in [2.75, 3.05) is 13.7 Å². The molecule has 0 saturated carbocycles. The Kier molecular flexibility index (Phi) is 8.26. The summed E-state index contributed by atoms with van der Waals surface area (Å²) in [6.45, 7) is 2.34. The SMILES string of the molecule is CC(=O)C=P(c1ccccc1)(c1ccccc1)c1ccccc1.CCOC. The highest BCUT2D eigenvalue weighted by Crippen LogP contribution is 2.43. The zero-order valence-electron chi connectivity index (χ0n) is 16.2. The molecule has 0 unspecified atom stereocenters. The van der Waals surface area contributed by atoms with Gasteiger partial charge < -0.3 is 4.74 Å². The number of carbonyl (C=O) groups excluding carboxylic acids is 1. The maximum atomic E-state index is 12.2. The fourth-order valence-corrected chi connectivity index (χ4v) is 6.75. The van der Waals surface area contributed by atoms with Crippen LogP contribution in [0.2, 0.25) is 0 Å². The lowest BCUT2D eigenvalue weighted by Gasteiger charge is -2.28. The van der Waals surface area contributed by atoms with E-state index < -0.39 is 6.89 Å². The molecule has 0 spiro atoms. The maximum absolute atomic E-state index is 12.2. The predicted molar refractivity (Wildman–Crippen MR) is 119 cm³/mol. The minimum Gasteiger partial charge on any atom is -0.385 e. The van der Waals surface area contributed by atoms with Gasteiger partial charge in [-0.2, -0.15) is 0 Å². The molecule has 0 aliphatic carbocycles. The first-order valence-electron chi connectivity index (χ1n) is 9.06. The van der Waals surface area contributed by atoms with Crippen LogP contribution in [-0.4, -0.2) is 25.3 Å². The van der Waals surface area contributed by atoms with Gasteiger partial charge in [-0.1, -0.05) is 91.0 Å². The first kappa shape index (κ1) is 20.9. The third kappa shape index (κ3) is 5.29. The second-order valence-electron chi connectivity index (χ2n) is 6.05. The standard InChI is InChI=1S/C21H19OP.C3H8O/c1-18(22)17-23(19-11-5-2-6-12-19,20-13-7-3-8-14-20)21-15-9-4-10-16-21;1-3-4-2/h2-17H,1H3;3H2,1-2H3. The Balaban J connectivity index is 0.000000596. The summed E-state index contributed by atoms with van der Waals surface area (Å²) in [5.41, 5.74) is 0. The van der Waals surface area contributed by atoms with Gasteiger partial charge in [0.2, 0.25) is 0 Å². The Hall–Kier alpha value is -2.41. The van der Waals surface area contributed by atoms with E-state index in [0.717, 1.165) is 6.61 Å². The number of hydrogen-bond acceptors (Lipinski definition) is 2. The minimum atomic E-state index is -2.08. The van der Waals surface area contributed by atoms with E-state index in [-0.39, 0.29) is 5.78 Å². The smallest absolute Gasteiger partial charge is 0.153 e. The van der Waals surface area contributed by atoms with E-state index in [1.54, 1.807) is 14.0 Å². The molecule has 0 radical (unpaired) electrons. The summed E-state index contributed by atoms with van der Waals surface area (Å²) in [5.74, 6) is 2.04. The van der Waals surface area contributed by atoms with Gasteiger partial charge in [0.15, 0.2) is 5.78 Å². The van der Waals surface area contributed by atoms with Crippen molar-refractivity contribution in [3.05, 3.63) is 91.0 Å². The molecule has 0 heterocycles. The van der Waals surface area contributed by atoms with Crippen molar-refractivity contribution in [3.8, 4) is 0 Å². The molecule has 0 aliphatic rings. The molecule has 0 amide bonds. The van der Waals surface area contributed by atoms with E-state index in [9.17, 15) is 4.79 Å². The largest absolute Gasteiger partial charge is 0.385 e. The van der Waals surface area contributed by atoms with Crippen molar-refractivity contribution in [3.63, 3.8) is 0 Å². The Morgan fingerprint density at radius 2 is 1.07 bits per heavy atom. The summed E-state index contributed by atoms with van der Waals surface area (Å²) >= 11 is 0. The normalized spacial score (nSPS) is 10.5. The van der Waals surface area contributed by atoms with Crippen LogP contribution >= 0.6 is 6.89 Å². The number of benzene rings is 3. The van der Waals surface area contributed by atoms with Crippen LogP contribution in [0.1, 0.15) is 13.8 Å². The Labute approximate surface area is 162 Å². The third-order valence-electron chi connectivity index (χ3n) is 4.15. The van der Waals surface area contributed by atoms with Gasteiger partial charge in [0, 0.05) is 13.7 Å². The molecule has 0 saturated heterocycles. The maximum Gasteiger partial charge on any atom is 0.153 e. The van der Waals surface area contributed by atoms with Crippen molar-refractivity contribution >= 4 is 34.4 Å². The first-order valence-corrected chi connectivity index (χ1v) is 10.9. The van der Waals surface area contributed by atoms with Gasteiger partial charge in [0.25, 0.3) is 0 Å². The molecule has 140 valence electrons. The molecule has 3 heteroatoms.